The van der Waals surface area contributed by atoms with Crippen LogP contribution in [0.15, 0.2) is 49.2 Å². The van der Waals surface area contributed by atoms with Crippen LogP contribution in [0.5, 0.6) is 5.88 Å². The molecular weight excluding hydrogens is 492 g/mol. The maximum absolute atomic E-state index is 14.3. The van der Waals surface area contributed by atoms with Gasteiger partial charge in [-0.15, -0.1) is 10.2 Å². The summed E-state index contributed by atoms with van der Waals surface area (Å²) in [4.78, 5) is 18.7. The minimum atomic E-state index is -4.47. The van der Waals surface area contributed by atoms with Gasteiger partial charge in [0.05, 0.1) is 28.6 Å². The number of benzene rings is 1. The molecule has 0 saturated heterocycles. The Morgan fingerprint density at radius 3 is 2.69 bits per heavy atom. The van der Waals surface area contributed by atoms with E-state index in [2.05, 4.69) is 34.9 Å². The molecule has 0 spiro atoms. The molecule has 0 atom stereocenters. The van der Waals surface area contributed by atoms with Crippen LogP contribution in [0.1, 0.15) is 0 Å². The summed E-state index contributed by atoms with van der Waals surface area (Å²) in [5.41, 5.74) is 1.43. The highest BCUT2D eigenvalue weighted by atomic mass is 35.5. The number of pyridine rings is 1. The Hall–Kier alpha value is -4.13. The standard InChI is InChI=1S/C21H13ClF4N8O/c1-33(19-12-4-14(23)13(22)5-16(12)34-10-29-32-20(34)31-19)17-8-27-7-15(30-17)11-2-3-18(28-6-11)35-9-21(24,25)26/h2-8,10H,9H2,1H3. The number of nitrogens with zero attached hydrogens (tertiary/aromatic N) is 8. The third-order valence-electron chi connectivity index (χ3n) is 4.97. The van der Waals surface area contributed by atoms with Crippen LogP contribution in [-0.4, -0.2) is 54.4 Å². The van der Waals surface area contributed by atoms with Gasteiger partial charge in [0.25, 0.3) is 5.78 Å². The van der Waals surface area contributed by atoms with Crippen molar-refractivity contribution in [1.82, 2.24) is 34.5 Å². The van der Waals surface area contributed by atoms with E-state index < -0.39 is 18.6 Å². The average Bonchev–Trinajstić information content (AvgIpc) is 3.32. The molecule has 5 rings (SSSR count). The topological polar surface area (TPSA) is 94.2 Å². The highest BCUT2D eigenvalue weighted by molar-refractivity contribution is 6.31. The third-order valence-corrected chi connectivity index (χ3v) is 5.26. The molecule has 35 heavy (non-hydrogen) atoms. The van der Waals surface area contributed by atoms with Crippen molar-refractivity contribution < 1.29 is 22.3 Å². The molecule has 0 fully saturated rings. The van der Waals surface area contributed by atoms with E-state index in [1.54, 1.807) is 16.3 Å². The van der Waals surface area contributed by atoms with Crippen molar-refractivity contribution in [3.8, 4) is 17.1 Å². The van der Waals surface area contributed by atoms with Gasteiger partial charge in [-0.2, -0.15) is 18.2 Å². The van der Waals surface area contributed by atoms with Crippen molar-refractivity contribution >= 4 is 39.9 Å². The Kier molecular flexibility index (Phi) is 5.55. The van der Waals surface area contributed by atoms with Gasteiger partial charge in [0.1, 0.15) is 18.0 Å². The second-order valence-corrected chi connectivity index (χ2v) is 7.74. The predicted molar refractivity (Wildman–Crippen MR) is 118 cm³/mol. The molecule has 0 aliphatic carbocycles. The summed E-state index contributed by atoms with van der Waals surface area (Å²) >= 11 is 5.99. The fourth-order valence-corrected chi connectivity index (χ4v) is 3.50. The Morgan fingerprint density at radius 2 is 1.94 bits per heavy atom. The summed E-state index contributed by atoms with van der Waals surface area (Å²) in [6, 6.07) is 5.54. The van der Waals surface area contributed by atoms with Crippen molar-refractivity contribution in [3.63, 3.8) is 0 Å². The first-order chi connectivity index (χ1) is 16.7. The molecule has 9 nitrogen and oxygen atoms in total. The number of fused-ring (bicyclic) bond motifs is 3. The van der Waals surface area contributed by atoms with Crippen LogP contribution in [0, 0.1) is 5.82 Å². The number of aromatic nitrogens is 7. The molecule has 4 aromatic heterocycles. The molecule has 0 unspecified atom stereocenters. The number of ether oxygens (including phenoxy) is 1. The van der Waals surface area contributed by atoms with Gasteiger partial charge < -0.3 is 9.64 Å². The summed E-state index contributed by atoms with van der Waals surface area (Å²) in [7, 11) is 1.67. The largest absolute Gasteiger partial charge is 0.468 e. The number of halogens is 5. The molecule has 0 saturated carbocycles. The predicted octanol–water partition coefficient (Wildman–Crippen LogP) is 4.63. The number of anilines is 2. The molecule has 0 aliphatic heterocycles. The van der Waals surface area contributed by atoms with Crippen LogP contribution >= 0.6 is 11.6 Å². The van der Waals surface area contributed by atoms with Gasteiger partial charge in [-0.1, -0.05) is 11.6 Å². The van der Waals surface area contributed by atoms with Crippen molar-refractivity contribution in [1.29, 1.82) is 0 Å². The highest BCUT2D eigenvalue weighted by Crippen LogP contribution is 2.32. The molecule has 0 bridgehead atoms. The maximum atomic E-state index is 14.3. The quantitative estimate of drug-likeness (QED) is 0.320. The molecule has 1 aromatic carbocycles. The summed E-state index contributed by atoms with van der Waals surface area (Å²) in [6.45, 7) is -1.44. The van der Waals surface area contributed by atoms with Crippen LogP contribution in [0.4, 0.5) is 29.2 Å². The number of alkyl halides is 3. The Morgan fingerprint density at radius 1 is 1.11 bits per heavy atom. The molecule has 4 heterocycles. The van der Waals surface area contributed by atoms with E-state index in [1.165, 1.54) is 49.2 Å². The lowest BCUT2D eigenvalue weighted by atomic mass is 10.2. The normalized spacial score (nSPS) is 11.8. The lowest BCUT2D eigenvalue weighted by Gasteiger charge is -2.20. The van der Waals surface area contributed by atoms with Gasteiger partial charge in [-0.3, -0.25) is 9.38 Å². The van der Waals surface area contributed by atoms with E-state index in [1.807, 2.05) is 0 Å². The summed E-state index contributed by atoms with van der Waals surface area (Å²) in [5.74, 6) is 0.154. The molecular formula is C21H13ClF4N8O. The SMILES string of the molecule is CN(c1cncc(-c2ccc(OCC(F)(F)F)nc2)n1)c1nc2nncn2c2cc(Cl)c(F)cc12. The van der Waals surface area contributed by atoms with Crippen LogP contribution in [0.3, 0.4) is 0 Å². The summed E-state index contributed by atoms with van der Waals surface area (Å²) < 4.78 is 57.5. The number of rotatable bonds is 5. The van der Waals surface area contributed by atoms with Gasteiger partial charge in [-0.05, 0) is 18.2 Å². The lowest BCUT2D eigenvalue weighted by Crippen LogP contribution is -2.19. The van der Waals surface area contributed by atoms with Gasteiger partial charge in [-0.25, -0.2) is 14.4 Å². The first-order valence-electron chi connectivity index (χ1n) is 9.90. The van der Waals surface area contributed by atoms with Crippen LogP contribution < -0.4 is 9.64 Å². The Bertz CT molecular complexity index is 1540. The molecule has 0 radical (unpaired) electrons. The first kappa shape index (κ1) is 22.7. The molecule has 0 N–H and O–H groups in total. The van der Waals surface area contributed by atoms with E-state index >= 15 is 0 Å². The van der Waals surface area contributed by atoms with Crippen molar-refractivity contribution in [2.45, 2.75) is 6.18 Å². The van der Waals surface area contributed by atoms with Crippen LogP contribution in [0.25, 0.3) is 27.9 Å². The minimum Gasteiger partial charge on any atom is -0.468 e. The van der Waals surface area contributed by atoms with Crippen molar-refractivity contribution in [2.24, 2.45) is 0 Å². The number of hydrogen-bond donors (Lipinski definition) is 0. The van der Waals surface area contributed by atoms with E-state index in [4.69, 9.17) is 11.6 Å². The van der Waals surface area contributed by atoms with E-state index in [0.717, 1.165) is 0 Å². The third kappa shape index (κ3) is 4.49. The fraction of sp³-hybridized carbons (Fsp3) is 0.143. The van der Waals surface area contributed by atoms with E-state index in [9.17, 15) is 17.6 Å². The van der Waals surface area contributed by atoms with E-state index in [0.29, 0.717) is 33.8 Å². The highest BCUT2D eigenvalue weighted by Gasteiger charge is 2.28. The zero-order chi connectivity index (χ0) is 24.7. The number of hydrogen-bond acceptors (Lipinski definition) is 8. The zero-order valence-electron chi connectivity index (χ0n) is 17.7. The summed E-state index contributed by atoms with van der Waals surface area (Å²) in [6.07, 6.45) is 1.25. The van der Waals surface area contributed by atoms with Gasteiger partial charge in [0.15, 0.2) is 12.4 Å². The lowest BCUT2D eigenvalue weighted by molar-refractivity contribution is -0.154. The monoisotopic (exact) mass is 504 g/mol. The van der Waals surface area contributed by atoms with Gasteiger partial charge in [0, 0.05) is 30.3 Å². The van der Waals surface area contributed by atoms with Crippen molar-refractivity contribution in [2.75, 3.05) is 18.6 Å². The second kappa shape index (κ2) is 8.58. The molecule has 0 amide bonds. The van der Waals surface area contributed by atoms with Crippen molar-refractivity contribution in [3.05, 3.63) is 60.0 Å². The Balaban J connectivity index is 1.50. The van der Waals surface area contributed by atoms with E-state index in [-0.39, 0.29) is 16.7 Å². The van der Waals surface area contributed by atoms with Gasteiger partial charge in [0.2, 0.25) is 5.88 Å². The average molecular weight is 505 g/mol. The maximum Gasteiger partial charge on any atom is 0.422 e. The Labute approximate surface area is 199 Å². The first-order valence-corrected chi connectivity index (χ1v) is 10.3. The zero-order valence-corrected chi connectivity index (χ0v) is 18.5. The minimum absolute atomic E-state index is 0.0655. The van der Waals surface area contributed by atoms with Crippen LogP contribution in [-0.2, 0) is 0 Å². The van der Waals surface area contributed by atoms with Gasteiger partial charge >= 0.3 is 6.18 Å². The molecule has 0 aliphatic rings. The summed E-state index contributed by atoms with van der Waals surface area (Å²) in [5, 5.41) is 8.19. The van der Waals surface area contributed by atoms with Crippen LogP contribution in [0.2, 0.25) is 5.02 Å². The smallest absolute Gasteiger partial charge is 0.422 e. The molecule has 5 aromatic rings. The fourth-order valence-electron chi connectivity index (χ4n) is 3.34. The second-order valence-electron chi connectivity index (χ2n) is 7.33. The molecule has 14 heteroatoms. The molecule has 178 valence electrons.